The Kier molecular flexibility index (Phi) is 4.91. The summed E-state index contributed by atoms with van der Waals surface area (Å²) < 4.78 is 14.1. The van der Waals surface area contributed by atoms with E-state index in [1.54, 1.807) is 12.1 Å². The highest BCUT2D eigenvalue weighted by Crippen LogP contribution is 2.24. The molecule has 0 radical (unpaired) electrons. The Morgan fingerprint density at radius 1 is 1.32 bits per heavy atom. The zero-order chi connectivity index (χ0) is 13.8. The van der Waals surface area contributed by atoms with Crippen LogP contribution in [0.5, 0.6) is 0 Å². The van der Waals surface area contributed by atoms with E-state index in [4.69, 9.17) is 5.73 Å². The normalized spacial score (nSPS) is 23.8. The molecule has 2 atom stereocenters. The van der Waals surface area contributed by atoms with Crippen molar-refractivity contribution in [1.82, 2.24) is 4.90 Å². The van der Waals surface area contributed by atoms with Gasteiger partial charge >= 0.3 is 0 Å². The minimum absolute atomic E-state index is 0.134. The van der Waals surface area contributed by atoms with Crippen LogP contribution in [0.1, 0.15) is 36.8 Å². The van der Waals surface area contributed by atoms with E-state index in [0.717, 1.165) is 25.7 Å². The molecule has 0 amide bonds. The van der Waals surface area contributed by atoms with Crippen molar-refractivity contribution in [3.05, 3.63) is 35.1 Å². The molecule has 19 heavy (non-hydrogen) atoms. The van der Waals surface area contributed by atoms with Gasteiger partial charge in [0, 0.05) is 30.3 Å². The number of halogens is 1. The first-order chi connectivity index (χ1) is 9.13. The molecule has 0 aromatic heterocycles. The topological polar surface area (TPSA) is 49.5 Å². The number of nitrogens with zero attached hydrogens (tertiary/aromatic N) is 1. The van der Waals surface area contributed by atoms with Gasteiger partial charge in [-0.3, -0.25) is 4.90 Å². The molecule has 2 rings (SSSR count). The lowest BCUT2D eigenvalue weighted by Gasteiger charge is -2.35. The van der Waals surface area contributed by atoms with Crippen molar-refractivity contribution < 1.29 is 9.50 Å². The van der Waals surface area contributed by atoms with E-state index in [2.05, 4.69) is 4.90 Å². The lowest BCUT2D eigenvalue weighted by atomic mass is 9.91. The van der Waals surface area contributed by atoms with Crippen LogP contribution in [0.15, 0.2) is 18.2 Å². The van der Waals surface area contributed by atoms with Gasteiger partial charge in [0.1, 0.15) is 5.82 Å². The van der Waals surface area contributed by atoms with Crippen LogP contribution in [-0.4, -0.2) is 29.2 Å². The molecule has 4 heteroatoms. The highest BCUT2D eigenvalue weighted by molar-refractivity contribution is 5.26. The Morgan fingerprint density at radius 2 is 2.00 bits per heavy atom. The summed E-state index contributed by atoms with van der Waals surface area (Å²) in [5.41, 5.74) is 6.73. The molecule has 0 heterocycles. The van der Waals surface area contributed by atoms with E-state index in [1.165, 1.54) is 0 Å². The smallest absolute Gasteiger partial charge is 0.132 e. The maximum absolute atomic E-state index is 14.1. The van der Waals surface area contributed by atoms with Crippen molar-refractivity contribution >= 4 is 0 Å². The van der Waals surface area contributed by atoms with Crippen LogP contribution < -0.4 is 5.73 Å². The largest absolute Gasteiger partial charge is 0.391 e. The van der Waals surface area contributed by atoms with Gasteiger partial charge in [-0.1, -0.05) is 31.0 Å². The molecule has 1 aromatic carbocycles. The molecule has 1 aliphatic rings. The molecule has 1 saturated carbocycles. The van der Waals surface area contributed by atoms with Crippen molar-refractivity contribution in [2.45, 2.75) is 50.9 Å². The number of likely N-dealkylation sites (N-methyl/N-ethyl adjacent to an activating group) is 1. The molecule has 3 nitrogen and oxygen atoms in total. The number of nitrogens with two attached hydrogens (primary N) is 1. The second-order valence-electron chi connectivity index (χ2n) is 5.43. The summed E-state index contributed by atoms with van der Waals surface area (Å²) in [6, 6.07) is 5.48. The molecule has 1 fully saturated rings. The van der Waals surface area contributed by atoms with Crippen LogP contribution in [0.2, 0.25) is 0 Å². The predicted octanol–water partition coefficient (Wildman–Crippen LogP) is 2.02. The van der Waals surface area contributed by atoms with E-state index in [9.17, 15) is 9.50 Å². The van der Waals surface area contributed by atoms with Gasteiger partial charge in [0.25, 0.3) is 0 Å². The van der Waals surface area contributed by atoms with E-state index in [0.29, 0.717) is 17.7 Å². The molecule has 0 saturated heterocycles. The van der Waals surface area contributed by atoms with Crippen molar-refractivity contribution in [2.75, 3.05) is 7.05 Å². The molecule has 1 aromatic rings. The van der Waals surface area contributed by atoms with Crippen LogP contribution in [-0.2, 0) is 13.1 Å². The summed E-state index contributed by atoms with van der Waals surface area (Å²) in [6.07, 6.45) is 3.76. The third-order valence-electron chi connectivity index (χ3n) is 4.06. The quantitative estimate of drug-likeness (QED) is 0.876. The molecule has 0 aliphatic heterocycles. The second kappa shape index (κ2) is 6.46. The molecule has 2 unspecified atom stereocenters. The summed E-state index contributed by atoms with van der Waals surface area (Å²) in [7, 11) is 1.95. The van der Waals surface area contributed by atoms with Crippen LogP contribution in [0, 0.1) is 5.82 Å². The monoisotopic (exact) mass is 266 g/mol. The summed E-state index contributed by atoms with van der Waals surface area (Å²) >= 11 is 0. The maximum atomic E-state index is 14.1. The SMILES string of the molecule is CN(Cc1cccc(CN)c1F)C1CCCCC1O. The molecule has 106 valence electrons. The van der Waals surface area contributed by atoms with Gasteiger partial charge < -0.3 is 10.8 Å². The predicted molar refractivity (Wildman–Crippen MR) is 74.0 cm³/mol. The average molecular weight is 266 g/mol. The van der Waals surface area contributed by atoms with Gasteiger partial charge in [0.05, 0.1) is 6.10 Å². The third-order valence-corrected chi connectivity index (χ3v) is 4.06. The van der Waals surface area contributed by atoms with Gasteiger partial charge in [0.2, 0.25) is 0 Å². The number of benzene rings is 1. The maximum Gasteiger partial charge on any atom is 0.132 e. The first-order valence-electron chi connectivity index (χ1n) is 6.98. The summed E-state index contributed by atoms with van der Waals surface area (Å²) in [4.78, 5) is 2.06. The summed E-state index contributed by atoms with van der Waals surface area (Å²) in [6.45, 7) is 0.733. The fourth-order valence-electron chi connectivity index (χ4n) is 2.90. The fourth-order valence-corrected chi connectivity index (χ4v) is 2.90. The van der Waals surface area contributed by atoms with Crippen molar-refractivity contribution in [1.29, 1.82) is 0 Å². The van der Waals surface area contributed by atoms with Gasteiger partial charge in [-0.25, -0.2) is 4.39 Å². The standard InChI is InChI=1S/C15H23FN2O/c1-18(13-7-2-3-8-14(13)19)10-12-6-4-5-11(9-17)15(12)16/h4-6,13-14,19H,2-3,7-10,17H2,1H3. The van der Waals surface area contributed by atoms with E-state index in [1.807, 2.05) is 13.1 Å². The van der Waals surface area contributed by atoms with Gasteiger partial charge in [-0.2, -0.15) is 0 Å². The Morgan fingerprint density at radius 3 is 2.68 bits per heavy atom. The van der Waals surface area contributed by atoms with Gasteiger partial charge in [0.15, 0.2) is 0 Å². The lowest BCUT2D eigenvalue weighted by molar-refractivity contribution is 0.0284. The van der Waals surface area contributed by atoms with Crippen LogP contribution in [0.4, 0.5) is 4.39 Å². The summed E-state index contributed by atoms with van der Waals surface area (Å²) in [5, 5.41) is 10.0. The number of aliphatic hydroxyl groups excluding tert-OH is 1. The second-order valence-corrected chi connectivity index (χ2v) is 5.43. The van der Waals surface area contributed by atoms with Crippen LogP contribution in [0.25, 0.3) is 0 Å². The van der Waals surface area contributed by atoms with Crippen molar-refractivity contribution in [2.24, 2.45) is 5.73 Å². The fraction of sp³-hybridized carbons (Fsp3) is 0.600. The lowest BCUT2D eigenvalue weighted by Crippen LogP contribution is -2.43. The van der Waals surface area contributed by atoms with Crippen molar-refractivity contribution in [3.8, 4) is 0 Å². The molecule has 0 spiro atoms. The van der Waals surface area contributed by atoms with E-state index >= 15 is 0 Å². The van der Waals surface area contributed by atoms with Crippen molar-refractivity contribution in [3.63, 3.8) is 0 Å². The first kappa shape index (κ1) is 14.4. The number of hydrogen-bond donors (Lipinski definition) is 2. The summed E-state index contributed by atoms with van der Waals surface area (Å²) in [5.74, 6) is -0.206. The van der Waals surface area contributed by atoms with E-state index in [-0.39, 0.29) is 24.5 Å². The Balaban J connectivity index is 2.08. The Bertz CT molecular complexity index is 425. The average Bonchev–Trinajstić information content (AvgIpc) is 2.41. The Hall–Kier alpha value is -0.970. The van der Waals surface area contributed by atoms with Crippen LogP contribution in [0.3, 0.4) is 0 Å². The molecular formula is C15H23FN2O. The third kappa shape index (κ3) is 3.32. The number of hydrogen-bond acceptors (Lipinski definition) is 3. The molecule has 1 aliphatic carbocycles. The Labute approximate surface area is 114 Å². The number of aliphatic hydroxyl groups is 1. The van der Waals surface area contributed by atoms with E-state index < -0.39 is 0 Å². The first-order valence-corrected chi connectivity index (χ1v) is 6.98. The molecule has 3 N–H and O–H groups in total. The zero-order valence-electron chi connectivity index (χ0n) is 11.5. The van der Waals surface area contributed by atoms with Gasteiger partial charge in [-0.05, 0) is 19.9 Å². The highest BCUT2D eigenvalue weighted by atomic mass is 19.1. The molecule has 0 bridgehead atoms. The minimum atomic E-state index is -0.292. The molecular weight excluding hydrogens is 243 g/mol. The minimum Gasteiger partial charge on any atom is -0.391 e. The van der Waals surface area contributed by atoms with Crippen LogP contribution >= 0.6 is 0 Å². The zero-order valence-corrected chi connectivity index (χ0v) is 11.5. The number of rotatable bonds is 4. The highest BCUT2D eigenvalue weighted by Gasteiger charge is 2.27. The van der Waals surface area contributed by atoms with Gasteiger partial charge in [-0.15, -0.1) is 0 Å².